The van der Waals surface area contributed by atoms with Gasteiger partial charge < -0.3 is 5.11 Å². The van der Waals surface area contributed by atoms with Crippen LogP contribution in [0.2, 0.25) is 0 Å². The van der Waals surface area contributed by atoms with Gasteiger partial charge in [-0.15, -0.1) is 5.10 Å². The van der Waals surface area contributed by atoms with E-state index in [1.807, 2.05) is 0 Å². The first-order valence-corrected chi connectivity index (χ1v) is 7.92. The molecule has 1 atom stereocenters. The summed E-state index contributed by atoms with van der Waals surface area (Å²) >= 11 is 0. The van der Waals surface area contributed by atoms with Gasteiger partial charge in [0.25, 0.3) is 10.1 Å². The molecule has 0 bridgehead atoms. The summed E-state index contributed by atoms with van der Waals surface area (Å²) < 4.78 is 43.2. The number of carboxylic acids is 1. The van der Waals surface area contributed by atoms with Gasteiger partial charge in [-0.25, -0.2) is 13.9 Å². The van der Waals surface area contributed by atoms with Crippen molar-refractivity contribution in [2.45, 2.75) is 24.5 Å². The normalized spacial score (nSPS) is 13.0. The van der Waals surface area contributed by atoms with Gasteiger partial charge in [-0.2, -0.15) is 8.42 Å². The molecule has 0 radical (unpaired) electrons. The van der Waals surface area contributed by atoms with E-state index in [-0.39, 0.29) is 17.1 Å². The fraction of sp³-hybridized carbons (Fsp3) is 0.308. The lowest BCUT2D eigenvalue weighted by molar-refractivity contribution is 0.0690. The third-order valence-corrected chi connectivity index (χ3v) is 4.15. The van der Waals surface area contributed by atoms with Gasteiger partial charge in [0.1, 0.15) is 6.17 Å². The molecule has 0 amide bonds. The summed E-state index contributed by atoms with van der Waals surface area (Å²) in [5.74, 6) is -1.29. The van der Waals surface area contributed by atoms with E-state index >= 15 is 0 Å². The Morgan fingerprint density at radius 2 is 2.04 bits per heavy atom. The molecule has 1 N–H and O–H groups in total. The third-order valence-electron chi connectivity index (χ3n) is 2.86. The van der Waals surface area contributed by atoms with Crippen molar-refractivity contribution in [3.8, 4) is 0 Å². The Bertz CT molecular complexity index is 788. The third kappa shape index (κ3) is 4.57. The number of carbonyl (C=O) groups is 1. The first-order chi connectivity index (χ1) is 10.8. The number of rotatable bonds is 7. The molecule has 1 aromatic carbocycles. The van der Waals surface area contributed by atoms with Crippen LogP contribution in [0.4, 0.5) is 4.39 Å². The molecule has 0 saturated heterocycles. The van der Waals surface area contributed by atoms with Crippen LogP contribution in [-0.2, 0) is 20.8 Å². The van der Waals surface area contributed by atoms with Crippen molar-refractivity contribution in [3.05, 3.63) is 41.7 Å². The van der Waals surface area contributed by atoms with Gasteiger partial charge in [0.05, 0.1) is 24.2 Å². The van der Waals surface area contributed by atoms with Crippen molar-refractivity contribution < 1.29 is 26.9 Å². The van der Waals surface area contributed by atoms with E-state index in [0.29, 0.717) is 0 Å². The van der Waals surface area contributed by atoms with Crippen LogP contribution in [0.1, 0.15) is 16.1 Å². The van der Waals surface area contributed by atoms with Crippen LogP contribution in [0.25, 0.3) is 0 Å². The fourth-order valence-corrected chi connectivity index (χ4v) is 2.61. The van der Waals surface area contributed by atoms with Crippen LogP contribution in [0.3, 0.4) is 0 Å². The molecule has 0 spiro atoms. The molecule has 2 aromatic rings. The molecular formula is C13H14FN3O5S. The highest BCUT2D eigenvalue weighted by molar-refractivity contribution is 7.86. The van der Waals surface area contributed by atoms with Crippen molar-refractivity contribution in [1.29, 1.82) is 0 Å². The van der Waals surface area contributed by atoms with Gasteiger partial charge in [-0.05, 0) is 19.1 Å². The molecule has 1 heterocycles. The number of benzene rings is 1. The summed E-state index contributed by atoms with van der Waals surface area (Å²) in [6, 6.07) is 5.95. The maximum absolute atomic E-state index is 13.8. The molecule has 2 rings (SSSR count). The van der Waals surface area contributed by atoms with Crippen LogP contribution < -0.4 is 0 Å². The lowest BCUT2D eigenvalue weighted by Crippen LogP contribution is -2.21. The van der Waals surface area contributed by atoms with Gasteiger partial charge in [0.2, 0.25) is 0 Å². The molecule has 124 valence electrons. The van der Waals surface area contributed by atoms with Gasteiger partial charge in [0, 0.05) is 0 Å². The van der Waals surface area contributed by atoms with Crippen LogP contribution in [0, 0.1) is 6.92 Å². The van der Waals surface area contributed by atoms with Crippen molar-refractivity contribution in [2.24, 2.45) is 0 Å². The standard InChI is InChI=1S/C13H14FN3O5S/c1-9-2-4-11(5-3-9)23(20,21)22-8-10(14)6-17-7-12(13(18)19)15-16-17/h2-5,7,10H,6,8H2,1H3,(H,18,19)/t10-/m0/s1. The van der Waals surface area contributed by atoms with Crippen LogP contribution >= 0.6 is 0 Å². The fourth-order valence-electron chi connectivity index (χ4n) is 1.68. The molecular weight excluding hydrogens is 329 g/mol. The molecule has 23 heavy (non-hydrogen) atoms. The maximum atomic E-state index is 13.8. The average molecular weight is 343 g/mol. The molecule has 0 aliphatic rings. The summed E-state index contributed by atoms with van der Waals surface area (Å²) in [4.78, 5) is 10.6. The van der Waals surface area contributed by atoms with Crippen LogP contribution in [0.15, 0.2) is 35.4 Å². The number of hydrogen-bond acceptors (Lipinski definition) is 6. The Kier molecular flexibility index (Phi) is 5.06. The summed E-state index contributed by atoms with van der Waals surface area (Å²) in [5.41, 5.74) is 0.554. The monoisotopic (exact) mass is 343 g/mol. The minimum absolute atomic E-state index is 0.0655. The Morgan fingerprint density at radius 3 is 2.61 bits per heavy atom. The zero-order valence-electron chi connectivity index (χ0n) is 12.1. The highest BCUT2D eigenvalue weighted by atomic mass is 32.2. The first-order valence-electron chi connectivity index (χ1n) is 6.51. The van der Waals surface area contributed by atoms with Crippen molar-refractivity contribution in [3.63, 3.8) is 0 Å². The predicted molar refractivity (Wildman–Crippen MR) is 76.2 cm³/mol. The van der Waals surface area contributed by atoms with E-state index in [1.54, 1.807) is 19.1 Å². The van der Waals surface area contributed by atoms with Crippen LogP contribution in [-0.4, -0.2) is 47.3 Å². The zero-order chi connectivity index (χ0) is 17.0. The second-order valence-corrected chi connectivity index (χ2v) is 6.40. The van der Waals surface area contributed by atoms with E-state index in [4.69, 9.17) is 5.11 Å². The Morgan fingerprint density at radius 1 is 1.39 bits per heavy atom. The number of carboxylic acid groups (broad SMARTS) is 1. The number of hydrogen-bond donors (Lipinski definition) is 1. The van der Waals surface area contributed by atoms with Gasteiger partial charge in [-0.3, -0.25) is 4.18 Å². The molecule has 10 heteroatoms. The summed E-state index contributed by atoms with van der Waals surface area (Å²) in [5, 5.41) is 15.4. The molecule has 0 aliphatic carbocycles. The summed E-state index contributed by atoms with van der Waals surface area (Å²) in [7, 11) is -4.05. The minimum Gasteiger partial charge on any atom is -0.476 e. The van der Waals surface area contributed by atoms with E-state index in [2.05, 4.69) is 14.5 Å². The summed E-state index contributed by atoms with van der Waals surface area (Å²) in [6.07, 6.45) is -0.651. The first kappa shape index (κ1) is 17.0. The SMILES string of the molecule is Cc1ccc(S(=O)(=O)OC[C@@H](F)Cn2cc(C(=O)O)nn2)cc1. The number of nitrogens with zero attached hydrogens (tertiary/aromatic N) is 3. The lowest BCUT2D eigenvalue weighted by atomic mass is 10.2. The zero-order valence-corrected chi connectivity index (χ0v) is 12.9. The second-order valence-electron chi connectivity index (χ2n) is 4.78. The number of halogens is 1. The topological polar surface area (TPSA) is 111 Å². The Hall–Kier alpha value is -2.33. The highest BCUT2D eigenvalue weighted by Gasteiger charge is 2.19. The quantitative estimate of drug-likeness (QED) is 0.747. The lowest BCUT2D eigenvalue weighted by Gasteiger charge is -2.09. The summed E-state index contributed by atoms with van der Waals surface area (Å²) in [6.45, 7) is 0.723. The average Bonchev–Trinajstić information content (AvgIpc) is 2.94. The molecule has 0 aliphatic heterocycles. The molecule has 0 saturated carbocycles. The van der Waals surface area contributed by atoms with Gasteiger partial charge in [-0.1, -0.05) is 22.9 Å². The number of aromatic nitrogens is 3. The smallest absolute Gasteiger partial charge is 0.358 e. The molecule has 1 aromatic heterocycles. The van der Waals surface area contributed by atoms with E-state index in [9.17, 15) is 17.6 Å². The Balaban J connectivity index is 1.93. The minimum atomic E-state index is -4.05. The number of aromatic carboxylic acids is 1. The van der Waals surface area contributed by atoms with Crippen molar-refractivity contribution >= 4 is 16.1 Å². The van der Waals surface area contributed by atoms with Crippen molar-refractivity contribution in [2.75, 3.05) is 6.61 Å². The van der Waals surface area contributed by atoms with Crippen LogP contribution in [0.5, 0.6) is 0 Å². The molecule has 0 unspecified atom stereocenters. The van der Waals surface area contributed by atoms with E-state index < -0.39 is 28.9 Å². The predicted octanol–water partition coefficient (Wildman–Crippen LogP) is 1.03. The Labute approximate surface area is 131 Å². The number of alkyl halides is 1. The highest BCUT2D eigenvalue weighted by Crippen LogP contribution is 2.14. The second kappa shape index (κ2) is 6.84. The van der Waals surface area contributed by atoms with E-state index in [1.165, 1.54) is 12.1 Å². The van der Waals surface area contributed by atoms with Crippen molar-refractivity contribution in [1.82, 2.24) is 15.0 Å². The largest absolute Gasteiger partial charge is 0.476 e. The van der Waals surface area contributed by atoms with Gasteiger partial charge >= 0.3 is 5.97 Å². The number of aryl methyl sites for hydroxylation is 1. The van der Waals surface area contributed by atoms with Gasteiger partial charge in [0.15, 0.2) is 5.69 Å². The molecule has 8 nitrogen and oxygen atoms in total. The maximum Gasteiger partial charge on any atom is 0.358 e. The van der Waals surface area contributed by atoms with E-state index in [0.717, 1.165) is 16.4 Å². The molecule has 0 fully saturated rings.